The van der Waals surface area contributed by atoms with E-state index in [0.717, 1.165) is 11.1 Å². The highest BCUT2D eigenvalue weighted by Crippen LogP contribution is 2.18. The highest BCUT2D eigenvalue weighted by molar-refractivity contribution is 6.07. The normalized spacial score (nSPS) is 10.8. The quantitative estimate of drug-likeness (QED) is 0.114. The molecule has 0 heterocycles. The number of aliphatic hydroxyl groups is 4. The predicted molar refractivity (Wildman–Crippen MR) is 159 cm³/mol. The van der Waals surface area contributed by atoms with Gasteiger partial charge in [0.2, 0.25) is 0 Å². The van der Waals surface area contributed by atoms with Gasteiger partial charge in [-0.15, -0.1) is 0 Å². The monoisotopic (exact) mass is 570 g/mol. The molecule has 0 atom stereocenters. The molecule has 0 fully saturated rings. The zero-order chi connectivity index (χ0) is 30.5. The van der Waals surface area contributed by atoms with Gasteiger partial charge < -0.3 is 30.6 Å². The molecular formula is C34H34O8. The van der Waals surface area contributed by atoms with Crippen molar-refractivity contribution < 1.29 is 40.2 Å². The van der Waals surface area contributed by atoms with Crippen LogP contribution in [0.5, 0.6) is 11.5 Å². The van der Waals surface area contributed by atoms with Crippen molar-refractivity contribution in [1.82, 2.24) is 0 Å². The third kappa shape index (κ3) is 9.22. The molecule has 218 valence electrons. The Hall–Kier alpha value is -4.60. The van der Waals surface area contributed by atoms with E-state index in [1.807, 2.05) is 6.07 Å². The minimum Gasteiger partial charge on any atom is -0.508 e. The molecule has 0 saturated carbocycles. The molecule has 0 aliphatic rings. The molecule has 0 aliphatic heterocycles. The molecule has 8 heteroatoms. The van der Waals surface area contributed by atoms with Crippen molar-refractivity contribution in [3.05, 3.63) is 136 Å². The molecule has 0 aromatic heterocycles. The molecule has 6 N–H and O–H groups in total. The van der Waals surface area contributed by atoms with E-state index < -0.39 is 0 Å². The Morgan fingerprint density at radius 3 is 1.74 bits per heavy atom. The number of phenols is 2. The van der Waals surface area contributed by atoms with Gasteiger partial charge >= 0.3 is 0 Å². The fourth-order valence-electron chi connectivity index (χ4n) is 4.20. The number of aliphatic hydroxyl groups excluding tert-OH is 4. The van der Waals surface area contributed by atoms with E-state index in [0.29, 0.717) is 46.2 Å². The van der Waals surface area contributed by atoms with E-state index in [4.69, 9.17) is 10.2 Å². The SMILES string of the molecule is O=C(/C=C/c1ccc(CO)c(CO)c1)c1cccc(O)c1.O=C(CCc1ccc(CO)c(CO)c1)c1cccc(O)c1. The van der Waals surface area contributed by atoms with E-state index in [2.05, 4.69) is 0 Å². The zero-order valence-corrected chi connectivity index (χ0v) is 23.0. The number of hydrogen-bond acceptors (Lipinski definition) is 8. The van der Waals surface area contributed by atoms with Gasteiger partial charge in [0.1, 0.15) is 11.5 Å². The van der Waals surface area contributed by atoms with Crippen molar-refractivity contribution in [2.75, 3.05) is 0 Å². The smallest absolute Gasteiger partial charge is 0.185 e. The van der Waals surface area contributed by atoms with Crippen molar-refractivity contribution in [2.24, 2.45) is 0 Å². The number of carbonyl (C=O) groups excluding carboxylic acids is 2. The summed E-state index contributed by atoms with van der Waals surface area (Å²) in [6.07, 6.45) is 3.91. The van der Waals surface area contributed by atoms with Gasteiger partial charge in [-0.3, -0.25) is 9.59 Å². The summed E-state index contributed by atoms with van der Waals surface area (Å²) in [5, 5.41) is 55.5. The molecule has 0 amide bonds. The van der Waals surface area contributed by atoms with Crippen LogP contribution in [0.2, 0.25) is 0 Å². The number of carbonyl (C=O) groups is 2. The summed E-state index contributed by atoms with van der Waals surface area (Å²) in [5.41, 5.74) is 5.25. The number of ketones is 2. The third-order valence-electron chi connectivity index (χ3n) is 6.55. The topological polar surface area (TPSA) is 156 Å². The molecule has 0 radical (unpaired) electrons. The molecule has 0 saturated heterocycles. The average Bonchev–Trinajstić information content (AvgIpc) is 3.02. The first-order valence-corrected chi connectivity index (χ1v) is 13.3. The Morgan fingerprint density at radius 1 is 0.595 bits per heavy atom. The largest absolute Gasteiger partial charge is 0.508 e. The summed E-state index contributed by atoms with van der Waals surface area (Å²) < 4.78 is 0. The van der Waals surface area contributed by atoms with Gasteiger partial charge in [0.05, 0.1) is 26.4 Å². The number of Topliss-reactive ketones (excluding diaryl/α,β-unsaturated/α-hetero) is 1. The van der Waals surface area contributed by atoms with Crippen molar-refractivity contribution in [2.45, 2.75) is 39.3 Å². The van der Waals surface area contributed by atoms with Crippen LogP contribution < -0.4 is 0 Å². The van der Waals surface area contributed by atoms with Crippen molar-refractivity contribution >= 4 is 17.6 Å². The predicted octanol–water partition coefficient (Wildman–Crippen LogP) is 4.47. The Labute approximate surface area is 244 Å². The van der Waals surface area contributed by atoms with Crippen LogP contribution in [0.4, 0.5) is 0 Å². The fourth-order valence-corrected chi connectivity index (χ4v) is 4.20. The van der Waals surface area contributed by atoms with Crippen LogP contribution in [-0.4, -0.2) is 42.2 Å². The van der Waals surface area contributed by atoms with Gasteiger partial charge in [-0.2, -0.15) is 0 Å². The van der Waals surface area contributed by atoms with Gasteiger partial charge in [-0.1, -0.05) is 60.7 Å². The standard InChI is InChI=1S/C17H18O4.C17H16O4/c2*18-10-14-6-4-12(8-15(14)11-19)5-7-17(21)13-2-1-3-16(20)9-13/h1-4,6,8-9,18-20H,5,7,10-11H2;1-9,18-20H,10-11H2/b;7-5+. The van der Waals surface area contributed by atoms with Crippen molar-refractivity contribution in [1.29, 1.82) is 0 Å². The Balaban J connectivity index is 0.000000230. The van der Waals surface area contributed by atoms with E-state index in [1.165, 1.54) is 30.3 Å². The summed E-state index contributed by atoms with van der Waals surface area (Å²) in [4.78, 5) is 24.0. The molecule has 42 heavy (non-hydrogen) atoms. The lowest BCUT2D eigenvalue weighted by atomic mass is 9.99. The minimum atomic E-state index is -0.220. The van der Waals surface area contributed by atoms with Gasteiger partial charge in [0, 0.05) is 17.5 Å². The van der Waals surface area contributed by atoms with E-state index in [-0.39, 0.29) is 49.5 Å². The first-order chi connectivity index (χ1) is 20.3. The molecule has 0 bridgehead atoms. The number of hydrogen-bond donors (Lipinski definition) is 6. The molecule has 0 aliphatic carbocycles. The first-order valence-electron chi connectivity index (χ1n) is 13.3. The zero-order valence-electron chi connectivity index (χ0n) is 23.0. The van der Waals surface area contributed by atoms with Crippen LogP contribution in [0.15, 0.2) is 91.0 Å². The number of benzene rings is 4. The van der Waals surface area contributed by atoms with E-state index in [9.17, 15) is 30.0 Å². The molecule has 4 rings (SSSR count). The lowest BCUT2D eigenvalue weighted by Gasteiger charge is -2.08. The van der Waals surface area contributed by atoms with Crippen LogP contribution in [0.25, 0.3) is 6.08 Å². The van der Waals surface area contributed by atoms with Gasteiger partial charge in [0.15, 0.2) is 11.6 Å². The second-order valence-electron chi connectivity index (χ2n) is 9.49. The minimum absolute atomic E-state index is 0.0392. The van der Waals surface area contributed by atoms with Crippen molar-refractivity contribution in [3.8, 4) is 11.5 Å². The number of aromatic hydroxyl groups is 2. The van der Waals surface area contributed by atoms with Gasteiger partial charge in [-0.25, -0.2) is 0 Å². The Bertz CT molecular complexity index is 1540. The summed E-state index contributed by atoms with van der Waals surface area (Å²) in [6, 6.07) is 23.0. The third-order valence-corrected chi connectivity index (χ3v) is 6.55. The summed E-state index contributed by atoms with van der Waals surface area (Å²) >= 11 is 0. The maximum atomic E-state index is 12.0. The summed E-state index contributed by atoms with van der Waals surface area (Å²) in [6.45, 7) is -0.553. The molecule has 0 unspecified atom stereocenters. The molecule has 0 spiro atoms. The molecule has 8 nitrogen and oxygen atoms in total. The van der Waals surface area contributed by atoms with Gasteiger partial charge in [0.25, 0.3) is 0 Å². The molecular weight excluding hydrogens is 536 g/mol. The summed E-state index contributed by atoms with van der Waals surface area (Å²) in [5.74, 6) is -0.134. The number of allylic oxidation sites excluding steroid dienone is 1. The van der Waals surface area contributed by atoms with Crippen molar-refractivity contribution in [3.63, 3.8) is 0 Å². The first kappa shape index (κ1) is 31.9. The van der Waals surface area contributed by atoms with Gasteiger partial charge in [-0.05, 0) is 76.2 Å². The fraction of sp³-hybridized carbons (Fsp3) is 0.176. The maximum Gasteiger partial charge on any atom is 0.185 e. The number of rotatable bonds is 11. The van der Waals surface area contributed by atoms with Crippen LogP contribution in [0.3, 0.4) is 0 Å². The molecule has 4 aromatic rings. The van der Waals surface area contributed by atoms with E-state index in [1.54, 1.807) is 60.7 Å². The number of aryl methyl sites for hydroxylation is 1. The maximum absolute atomic E-state index is 12.0. The molecule has 4 aromatic carbocycles. The van der Waals surface area contributed by atoms with E-state index >= 15 is 0 Å². The van der Waals surface area contributed by atoms with Crippen LogP contribution >= 0.6 is 0 Å². The Kier molecular flexibility index (Phi) is 12.2. The second-order valence-corrected chi connectivity index (χ2v) is 9.49. The average molecular weight is 571 g/mol. The lowest BCUT2D eigenvalue weighted by molar-refractivity contribution is 0.0981. The van der Waals surface area contributed by atoms with Crippen LogP contribution in [0, 0.1) is 0 Å². The van der Waals surface area contributed by atoms with Crippen LogP contribution in [0.1, 0.15) is 60.5 Å². The highest BCUT2D eigenvalue weighted by Gasteiger charge is 2.09. The second kappa shape index (κ2) is 16.0. The number of phenolic OH excluding ortho intramolecular Hbond substituents is 2. The summed E-state index contributed by atoms with van der Waals surface area (Å²) in [7, 11) is 0. The Morgan fingerprint density at radius 2 is 1.14 bits per heavy atom. The highest BCUT2D eigenvalue weighted by atomic mass is 16.3. The van der Waals surface area contributed by atoms with Crippen LogP contribution in [-0.2, 0) is 32.8 Å². The lowest BCUT2D eigenvalue weighted by Crippen LogP contribution is -2.02.